The smallest absolute Gasteiger partial charge is 0.219 e. The number of pyridine rings is 1. The van der Waals surface area contributed by atoms with Gasteiger partial charge < -0.3 is 15.7 Å². The molecule has 110 valence electrons. The molecule has 1 heterocycles. The summed E-state index contributed by atoms with van der Waals surface area (Å²) in [6.07, 6.45) is 1.55. The Bertz CT molecular complexity index is 643. The normalized spacial score (nSPS) is 12.2. The summed E-state index contributed by atoms with van der Waals surface area (Å²) in [7, 11) is 0. The van der Waals surface area contributed by atoms with E-state index in [4.69, 9.17) is 15.7 Å². The minimum Gasteiger partial charge on any atom is -0.439 e. The second-order valence-corrected chi connectivity index (χ2v) is 5.74. The average Bonchev–Trinajstić information content (AvgIpc) is 2.46. The summed E-state index contributed by atoms with van der Waals surface area (Å²) in [5, 5.41) is 11.6. The van der Waals surface area contributed by atoms with Gasteiger partial charge in [0.1, 0.15) is 5.75 Å². The minimum absolute atomic E-state index is 0.0188. The zero-order valence-electron chi connectivity index (χ0n) is 12.4. The lowest BCUT2D eigenvalue weighted by Gasteiger charge is -2.19. The Morgan fingerprint density at radius 3 is 2.43 bits per heavy atom. The van der Waals surface area contributed by atoms with Gasteiger partial charge in [-0.3, -0.25) is 0 Å². The number of amidine groups is 1. The lowest BCUT2D eigenvalue weighted by Crippen LogP contribution is -2.13. The fourth-order valence-electron chi connectivity index (χ4n) is 1.83. The van der Waals surface area contributed by atoms with E-state index in [1.807, 2.05) is 24.3 Å². The highest BCUT2D eigenvalue weighted by molar-refractivity contribution is 5.97. The van der Waals surface area contributed by atoms with E-state index < -0.39 is 0 Å². The van der Waals surface area contributed by atoms with Crippen molar-refractivity contribution in [2.75, 3.05) is 0 Å². The van der Waals surface area contributed by atoms with Crippen molar-refractivity contribution in [1.82, 2.24) is 4.98 Å². The van der Waals surface area contributed by atoms with Crippen molar-refractivity contribution < 1.29 is 9.94 Å². The summed E-state index contributed by atoms with van der Waals surface area (Å²) in [5.41, 5.74) is 7.42. The molecule has 1 aromatic heterocycles. The van der Waals surface area contributed by atoms with Gasteiger partial charge in [-0.1, -0.05) is 38.1 Å². The number of nitrogens with zero attached hydrogens (tertiary/aromatic N) is 2. The monoisotopic (exact) mass is 285 g/mol. The molecule has 2 aromatic rings. The number of ether oxygens (including phenoxy) is 1. The first-order valence-electron chi connectivity index (χ1n) is 6.62. The molecular formula is C16H19N3O2. The Balaban J connectivity index is 2.19. The molecule has 0 aliphatic heterocycles. The third kappa shape index (κ3) is 3.72. The number of nitrogens with two attached hydrogens (primary N) is 1. The number of oxime groups is 1. The Kier molecular flexibility index (Phi) is 4.12. The molecule has 0 saturated heterocycles. The fourth-order valence-corrected chi connectivity index (χ4v) is 1.83. The summed E-state index contributed by atoms with van der Waals surface area (Å²) < 4.78 is 5.68. The molecule has 0 unspecified atom stereocenters. The lowest BCUT2D eigenvalue weighted by atomic mass is 9.87. The first kappa shape index (κ1) is 14.8. The molecule has 0 atom stereocenters. The first-order chi connectivity index (χ1) is 9.90. The van der Waals surface area contributed by atoms with E-state index in [-0.39, 0.29) is 11.3 Å². The van der Waals surface area contributed by atoms with Gasteiger partial charge in [-0.25, -0.2) is 4.98 Å². The number of hydrogen-bond donors (Lipinski definition) is 2. The predicted molar refractivity (Wildman–Crippen MR) is 82.0 cm³/mol. The van der Waals surface area contributed by atoms with Crippen LogP contribution in [-0.4, -0.2) is 16.0 Å². The van der Waals surface area contributed by atoms with Crippen molar-refractivity contribution in [1.29, 1.82) is 0 Å². The Labute approximate surface area is 124 Å². The summed E-state index contributed by atoms with van der Waals surface area (Å²) in [5.74, 6) is 1.10. The highest BCUT2D eigenvalue weighted by Crippen LogP contribution is 2.26. The summed E-state index contributed by atoms with van der Waals surface area (Å²) in [4.78, 5) is 4.11. The van der Waals surface area contributed by atoms with E-state index >= 15 is 0 Å². The van der Waals surface area contributed by atoms with Gasteiger partial charge in [0.25, 0.3) is 0 Å². The molecule has 2 rings (SSSR count). The number of rotatable bonds is 3. The number of aromatic nitrogens is 1. The molecule has 3 N–H and O–H groups in total. The van der Waals surface area contributed by atoms with Crippen molar-refractivity contribution >= 4 is 5.84 Å². The topological polar surface area (TPSA) is 80.7 Å². The second kappa shape index (κ2) is 5.83. The van der Waals surface area contributed by atoms with Crippen LogP contribution in [-0.2, 0) is 5.41 Å². The van der Waals surface area contributed by atoms with Crippen molar-refractivity contribution in [2.45, 2.75) is 26.2 Å². The van der Waals surface area contributed by atoms with Crippen LogP contribution >= 0.6 is 0 Å². The van der Waals surface area contributed by atoms with E-state index in [1.54, 1.807) is 18.3 Å². The van der Waals surface area contributed by atoms with Crippen molar-refractivity contribution in [3.8, 4) is 11.6 Å². The lowest BCUT2D eigenvalue weighted by molar-refractivity contribution is 0.318. The van der Waals surface area contributed by atoms with E-state index in [1.165, 1.54) is 5.56 Å². The van der Waals surface area contributed by atoms with Crippen LogP contribution in [0.25, 0.3) is 0 Å². The number of benzene rings is 1. The molecule has 0 amide bonds. The zero-order valence-corrected chi connectivity index (χ0v) is 12.4. The molecule has 0 aliphatic rings. The van der Waals surface area contributed by atoms with Gasteiger partial charge in [-0.2, -0.15) is 0 Å². The average molecular weight is 285 g/mol. The van der Waals surface area contributed by atoms with Crippen LogP contribution < -0.4 is 10.5 Å². The SMILES string of the molecule is CC(C)(C)c1ccc(Oc2cc(/C(N)=N/O)ccn2)cc1. The van der Waals surface area contributed by atoms with Gasteiger partial charge in [-0.15, -0.1) is 0 Å². The Morgan fingerprint density at radius 1 is 1.19 bits per heavy atom. The first-order valence-corrected chi connectivity index (χ1v) is 6.62. The van der Waals surface area contributed by atoms with Crippen LogP contribution in [0.4, 0.5) is 0 Å². The molecule has 0 radical (unpaired) electrons. The van der Waals surface area contributed by atoms with Gasteiger partial charge in [0.05, 0.1) is 0 Å². The summed E-state index contributed by atoms with van der Waals surface area (Å²) in [6, 6.07) is 11.1. The summed E-state index contributed by atoms with van der Waals surface area (Å²) in [6.45, 7) is 6.47. The molecule has 0 aliphatic carbocycles. The van der Waals surface area contributed by atoms with Crippen LogP contribution in [0.5, 0.6) is 11.6 Å². The second-order valence-electron chi connectivity index (χ2n) is 5.74. The van der Waals surface area contributed by atoms with Gasteiger partial charge in [0, 0.05) is 17.8 Å². The third-order valence-corrected chi connectivity index (χ3v) is 3.08. The van der Waals surface area contributed by atoms with Crippen LogP contribution in [0.2, 0.25) is 0 Å². The third-order valence-electron chi connectivity index (χ3n) is 3.08. The molecule has 0 bridgehead atoms. The largest absolute Gasteiger partial charge is 0.439 e. The van der Waals surface area contributed by atoms with Crippen LogP contribution in [0.15, 0.2) is 47.8 Å². The van der Waals surface area contributed by atoms with E-state index in [0.717, 1.165) is 0 Å². The van der Waals surface area contributed by atoms with Crippen molar-refractivity contribution in [3.05, 3.63) is 53.7 Å². The summed E-state index contributed by atoms with van der Waals surface area (Å²) >= 11 is 0. The highest BCUT2D eigenvalue weighted by Gasteiger charge is 2.13. The minimum atomic E-state index is 0.0188. The highest BCUT2D eigenvalue weighted by atomic mass is 16.5. The van der Waals surface area contributed by atoms with Gasteiger partial charge in [0.2, 0.25) is 5.88 Å². The van der Waals surface area contributed by atoms with Crippen molar-refractivity contribution in [2.24, 2.45) is 10.9 Å². The number of hydrogen-bond acceptors (Lipinski definition) is 4. The molecule has 0 fully saturated rings. The van der Waals surface area contributed by atoms with Gasteiger partial charge >= 0.3 is 0 Å². The zero-order chi connectivity index (χ0) is 15.5. The maximum atomic E-state index is 8.68. The maximum absolute atomic E-state index is 8.68. The molecule has 21 heavy (non-hydrogen) atoms. The van der Waals surface area contributed by atoms with E-state index in [2.05, 4.69) is 30.9 Å². The Morgan fingerprint density at radius 2 is 1.86 bits per heavy atom. The van der Waals surface area contributed by atoms with Crippen LogP contribution in [0, 0.1) is 0 Å². The van der Waals surface area contributed by atoms with Gasteiger partial charge in [0.15, 0.2) is 5.84 Å². The molecule has 5 heteroatoms. The molecular weight excluding hydrogens is 266 g/mol. The fraction of sp³-hybridized carbons (Fsp3) is 0.250. The molecule has 0 spiro atoms. The quantitative estimate of drug-likeness (QED) is 0.392. The standard InChI is InChI=1S/C16H19N3O2/c1-16(2,3)12-4-6-13(7-5-12)21-14-10-11(8-9-18-14)15(17)19-20/h4-10,20H,1-3H3,(H2,17,19). The maximum Gasteiger partial charge on any atom is 0.219 e. The van der Waals surface area contributed by atoms with Crippen molar-refractivity contribution in [3.63, 3.8) is 0 Å². The molecule has 0 saturated carbocycles. The predicted octanol–water partition coefficient (Wildman–Crippen LogP) is 3.27. The van der Waals surface area contributed by atoms with E-state index in [9.17, 15) is 0 Å². The van der Waals surface area contributed by atoms with Gasteiger partial charge in [-0.05, 0) is 29.2 Å². The van der Waals surface area contributed by atoms with Crippen LogP contribution in [0.1, 0.15) is 31.9 Å². The molecule has 1 aromatic carbocycles. The van der Waals surface area contributed by atoms with Crippen LogP contribution in [0.3, 0.4) is 0 Å². The molecule has 5 nitrogen and oxygen atoms in total. The Hall–Kier alpha value is -2.56. The van der Waals surface area contributed by atoms with E-state index in [0.29, 0.717) is 17.2 Å².